The molecule has 0 saturated heterocycles. The smallest absolute Gasteiger partial charge is 0.241 e. The van der Waals surface area contributed by atoms with E-state index in [0.29, 0.717) is 12.1 Å². The molecule has 21 heavy (non-hydrogen) atoms. The van der Waals surface area contributed by atoms with Crippen LogP contribution in [0.1, 0.15) is 33.6 Å². The minimum absolute atomic E-state index is 0.159. The van der Waals surface area contributed by atoms with Gasteiger partial charge < -0.3 is 11.1 Å². The van der Waals surface area contributed by atoms with Crippen LogP contribution in [-0.2, 0) is 14.8 Å². The van der Waals surface area contributed by atoms with Crippen LogP contribution in [0.3, 0.4) is 0 Å². The van der Waals surface area contributed by atoms with Gasteiger partial charge in [-0.1, -0.05) is 13.3 Å². The summed E-state index contributed by atoms with van der Waals surface area (Å²) >= 11 is 0. The maximum Gasteiger partial charge on any atom is 0.241 e. The largest absolute Gasteiger partial charge is 0.325 e. The zero-order valence-electron chi connectivity index (χ0n) is 12.6. The molecule has 0 aliphatic heterocycles. The summed E-state index contributed by atoms with van der Waals surface area (Å²) in [6.07, 6.45) is 1.43. The summed E-state index contributed by atoms with van der Waals surface area (Å²) in [5.41, 5.74) is 6.23. The topological polar surface area (TPSA) is 101 Å². The Kier molecular flexibility index (Phi) is 6.32. The van der Waals surface area contributed by atoms with E-state index in [0.717, 1.165) is 6.42 Å². The van der Waals surface area contributed by atoms with Crippen molar-refractivity contribution < 1.29 is 13.2 Å². The maximum atomic E-state index is 12.0. The quantitative estimate of drug-likeness (QED) is 0.709. The Morgan fingerprint density at radius 2 is 1.81 bits per heavy atom. The molecule has 0 radical (unpaired) electrons. The molecule has 0 fully saturated rings. The van der Waals surface area contributed by atoms with Crippen molar-refractivity contribution in [1.29, 1.82) is 0 Å². The van der Waals surface area contributed by atoms with E-state index < -0.39 is 16.1 Å². The van der Waals surface area contributed by atoms with Gasteiger partial charge in [0.1, 0.15) is 0 Å². The molecular formula is C14H23N3O3S. The normalized spacial score (nSPS) is 13.2. The highest BCUT2D eigenvalue weighted by Gasteiger charge is 2.16. The molecular weight excluding hydrogens is 290 g/mol. The monoisotopic (exact) mass is 313 g/mol. The predicted octanol–water partition coefficient (Wildman–Crippen LogP) is 1.44. The number of sulfonamides is 1. The third-order valence-corrected chi connectivity index (χ3v) is 4.43. The van der Waals surface area contributed by atoms with Gasteiger partial charge in [-0.3, -0.25) is 4.79 Å². The standard InChI is InChI=1S/C14H23N3O3S/c1-4-5-13(15)14(18)16-11-6-8-12(9-7-11)21(19,20)17-10(2)3/h6-10,13,17H,4-5,15H2,1-3H3,(H,16,18)/t13-/m0/s1. The fourth-order valence-corrected chi connectivity index (χ4v) is 3.02. The van der Waals surface area contributed by atoms with Crippen molar-refractivity contribution in [2.45, 2.75) is 50.6 Å². The first kappa shape index (κ1) is 17.6. The number of nitrogens with one attached hydrogen (secondary N) is 2. The molecule has 118 valence electrons. The molecule has 1 amide bonds. The van der Waals surface area contributed by atoms with Gasteiger partial charge in [0, 0.05) is 11.7 Å². The van der Waals surface area contributed by atoms with Crippen molar-refractivity contribution >= 4 is 21.6 Å². The summed E-state index contributed by atoms with van der Waals surface area (Å²) in [5, 5.41) is 2.67. The Morgan fingerprint density at radius 1 is 1.24 bits per heavy atom. The third kappa shape index (κ3) is 5.45. The zero-order chi connectivity index (χ0) is 16.0. The van der Waals surface area contributed by atoms with E-state index in [1.54, 1.807) is 26.0 Å². The lowest BCUT2D eigenvalue weighted by molar-refractivity contribution is -0.117. The summed E-state index contributed by atoms with van der Waals surface area (Å²) in [6, 6.07) is 5.26. The summed E-state index contributed by atoms with van der Waals surface area (Å²) < 4.78 is 26.4. The fraction of sp³-hybridized carbons (Fsp3) is 0.500. The minimum Gasteiger partial charge on any atom is -0.325 e. The molecule has 0 heterocycles. The number of hydrogen-bond acceptors (Lipinski definition) is 4. The minimum atomic E-state index is -3.52. The Bertz CT molecular complexity index is 568. The van der Waals surface area contributed by atoms with Gasteiger partial charge >= 0.3 is 0 Å². The Labute approximate surface area is 126 Å². The molecule has 0 unspecified atom stereocenters. The van der Waals surface area contributed by atoms with Crippen molar-refractivity contribution in [3.63, 3.8) is 0 Å². The first-order valence-electron chi connectivity index (χ1n) is 6.95. The molecule has 0 aromatic heterocycles. The zero-order valence-corrected chi connectivity index (χ0v) is 13.4. The van der Waals surface area contributed by atoms with E-state index in [-0.39, 0.29) is 16.8 Å². The van der Waals surface area contributed by atoms with Gasteiger partial charge in [0.15, 0.2) is 0 Å². The highest BCUT2D eigenvalue weighted by Crippen LogP contribution is 2.14. The molecule has 1 rings (SSSR count). The number of anilines is 1. The number of carbonyl (C=O) groups excluding carboxylic acids is 1. The van der Waals surface area contributed by atoms with Crippen LogP contribution in [0, 0.1) is 0 Å². The third-order valence-electron chi connectivity index (χ3n) is 2.76. The predicted molar refractivity (Wildman–Crippen MR) is 83.4 cm³/mol. The number of nitrogens with two attached hydrogens (primary N) is 1. The van der Waals surface area contributed by atoms with Crippen LogP contribution in [0.25, 0.3) is 0 Å². The maximum absolute atomic E-state index is 12.0. The number of rotatable bonds is 7. The fourth-order valence-electron chi connectivity index (χ4n) is 1.77. The second-order valence-electron chi connectivity index (χ2n) is 5.18. The van der Waals surface area contributed by atoms with Crippen LogP contribution in [-0.4, -0.2) is 26.4 Å². The molecule has 7 heteroatoms. The van der Waals surface area contributed by atoms with Crippen molar-refractivity contribution in [2.24, 2.45) is 5.73 Å². The van der Waals surface area contributed by atoms with Crippen LogP contribution < -0.4 is 15.8 Å². The van der Waals surface area contributed by atoms with E-state index in [9.17, 15) is 13.2 Å². The summed E-state index contributed by atoms with van der Waals surface area (Å²) in [7, 11) is -3.52. The lowest BCUT2D eigenvalue weighted by atomic mass is 10.1. The van der Waals surface area contributed by atoms with Crippen LogP contribution in [0.2, 0.25) is 0 Å². The first-order valence-corrected chi connectivity index (χ1v) is 8.43. The molecule has 4 N–H and O–H groups in total. The number of carbonyl (C=O) groups is 1. The number of benzene rings is 1. The van der Waals surface area contributed by atoms with E-state index >= 15 is 0 Å². The number of amides is 1. The first-order chi connectivity index (χ1) is 9.76. The van der Waals surface area contributed by atoms with Gasteiger partial charge in [0.05, 0.1) is 10.9 Å². The van der Waals surface area contributed by atoms with E-state index in [1.165, 1.54) is 12.1 Å². The van der Waals surface area contributed by atoms with Gasteiger partial charge in [-0.05, 0) is 44.5 Å². The Morgan fingerprint density at radius 3 is 2.29 bits per heavy atom. The molecule has 0 saturated carbocycles. The molecule has 0 spiro atoms. The van der Waals surface area contributed by atoms with Crippen molar-refractivity contribution in [3.05, 3.63) is 24.3 Å². The van der Waals surface area contributed by atoms with E-state index in [2.05, 4.69) is 10.0 Å². The molecule has 6 nitrogen and oxygen atoms in total. The Hall–Kier alpha value is -1.44. The summed E-state index contributed by atoms with van der Waals surface area (Å²) in [6.45, 7) is 5.46. The van der Waals surface area contributed by atoms with Crippen LogP contribution in [0.5, 0.6) is 0 Å². The SMILES string of the molecule is CCC[C@H](N)C(=O)Nc1ccc(S(=O)(=O)NC(C)C)cc1. The highest BCUT2D eigenvalue weighted by atomic mass is 32.2. The summed E-state index contributed by atoms with van der Waals surface area (Å²) in [5.74, 6) is -0.271. The van der Waals surface area contributed by atoms with Gasteiger partial charge in [-0.15, -0.1) is 0 Å². The molecule has 1 aromatic carbocycles. The number of hydrogen-bond donors (Lipinski definition) is 3. The van der Waals surface area contributed by atoms with Crippen LogP contribution >= 0.6 is 0 Å². The molecule has 0 aliphatic rings. The van der Waals surface area contributed by atoms with Gasteiger partial charge in [-0.25, -0.2) is 13.1 Å². The van der Waals surface area contributed by atoms with Crippen LogP contribution in [0.4, 0.5) is 5.69 Å². The summed E-state index contributed by atoms with van der Waals surface area (Å²) in [4.78, 5) is 11.9. The van der Waals surface area contributed by atoms with Gasteiger partial charge in [0.2, 0.25) is 15.9 Å². The van der Waals surface area contributed by atoms with Gasteiger partial charge in [-0.2, -0.15) is 0 Å². The van der Waals surface area contributed by atoms with Crippen LogP contribution in [0.15, 0.2) is 29.2 Å². The van der Waals surface area contributed by atoms with E-state index in [4.69, 9.17) is 5.73 Å². The van der Waals surface area contributed by atoms with Crippen molar-refractivity contribution in [3.8, 4) is 0 Å². The van der Waals surface area contributed by atoms with E-state index in [1.807, 2.05) is 6.92 Å². The molecule has 0 aliphatic carbocycles. The van der Waals surface area contributed by atoms with Crippen molar-refractivity contribution in [1.82, 2.24) is 4.72 Å². The average molecular weight is 313 g/mol. The average Bonchev–Trinajstić information content (AvgIpc) is 2.38. The lowest BCUT2D eigenvalue weighted by Gasteiger charge is -2.12. The Balaban J connectivity index is 2.77. The second kappa shape index (κ2) is 7.53. The second-order valence-corrected chi connectivity index (χ2v) is 6.90. The molecule has 1 aromatic rings. The molecule has 1 atom stereocenters. The highest BCUT2D eigenvalue weighted by molar-refractivity contribution is 7.89. The lowest BCUT2D eigenvalue weighted by Crippen LogP contribution is -2.35. The van der Waals surface area contributed by atoms with Gasteiger partial charge in [0.25, 0.3) is 0 Å². The van der Waals surface area contributed by atoms with Crippen molar-refractivity contribution in [2.75, 3.05) is 5.32 Å². The molecule has 0 bridgehead atoms.